The van der Waals surface area contributed by atoms with Gasteiger partial charge in [0.1, 0.15) is 0 Å². The Labute approximate surface area is 146 Å². The molecule has 0 spiro atoms. The molecule has 0 aliphatic heterocycles. The number of carbonyl (C=O) groups excluding carboxylic acids is 2. The molecule has 2 aromatic carbocycles. The highest BCUT2D eigenvalue weighted by atomic mass is 16.2. The highest BCUT2D eigenvalue weighted by Crippen LogP contribution is 2.25. The predicted molar refractivity (Wildman–Crippen MR) is 99.7 cm³/mol. The molecule has 1 aliphatic rings. The average Bonchev–Trinajstić information content (AvgIpc) is 2.65. The van der Waals surface area contributed by atoms with Crippen LogP contribution in [0.4, 0.5) is 11.4 Å². The van der Waals surface area contributed by atoms with Gasteiger partial charge in [-0.1, -0.05) is 24.3 Å². The van der Waals surface area contributed by atoms with Gasteiger partial charge in [0.25, 0.3) is 5.91 Å². The number of rotatable bonds is 4. The summed E-state index contributed by atoms with van der Waals surface area (Å²) < 4.78 is 0. The van der Waals surface area contributed by atoms with Crippen LogP contribution < -0.4 is 10.6 Å². The Kier molecular flexibility index (Phi) is 4.75. The summed E-state index contributed by atoms with van der Waals surface area (Å²) in [6.45, 7) is 2.89. The van der Waals surface area contributed by atoms with Crippen LogP contribution in [-0.2, 0) is 4.79 Å². The molecule has 5 heteroatoms. The van der Waals surface area contributed by atoms with Crippen LogP contribution in [0.1, 0.15) is 22.8 Å². The lowest BCUT2D eigenvalue weighted by molar-refractivity contribution is -0.116. The molecule has 0 saturated heterocycles. The first kappa shape index (κ1) is 16.6. The number of nitrogens with one attached hydrogen (secondary N) is 2. The van der Waals surface area contributed by atoms with Gasteiger partial charge in [-0.15, -0.1) is 0 Å². The molecule has 0 unspecified atom stereocenters. The van der Waals surface area contributed by atoms with Crippen LogP contribution in [0.2, 0.25) is 0 Å². The number of carbonyl (C=O) groups is 2. The first-order valence-electron chi connectivity index (χ1n) is 8.14. The van der Waals surface area contributed by atoms with Crippen LogP contribution in [-0.4, -0.2) is 31.0 Å². The Balaban J connectivity index is 2.06. The summed E-state index contributed by atoms with van der Waals surface area (Å²) in [6.07, 6.45) is 1.56. The number of ketones is 1. The number of aliphatic imine (C=N–C) groups is 1. The van der Waals surface area contributed by atoms with Crippen molar-refractivity contribution in [3.8, 4) is 0 Å². The van der Waals surface area contributed by atoms with Crippen molar-refractivity contribution in [2.45, 2.75) is 6.92 Å². The number of Topliss-reactive ketones (excluding diaryl/α,β-unsaturated/α-hetero) is 1. The Bertz CT molecular complexity index is 880. The number of nitrogens with zero attached hydrogens (tertiary/aromatic N) is 1. The number of fused-ring (bicyclic) bond motifs is 1. The molecule has 0 saturated carbocycles. The van der Waals surface area contributed by atoms with Crippen LogP contribution in [0.5, 0.6) is 0 Å². The van der Waals surface area contributed by atoms with Gasteiger partial charge in [0.15, 0.2) is 5.78 Å². The molecule has 5 nitrogen and oxygen atoms in total. The van der Waals surface area contributed by atoms with E-state index < -0.39 is 5.91 Å². The maximum absolute atomic E-state index is 12.5. The van der Waals surface area contributed by atoms with Gasteiger partial charge in [-0.25, -0.2) is 4.99 Å². The fourth-order valence-corrected chi connectivity index (χ4v) is 2.72. The van der Waals surface area contributed by atoms with E-state index in [2.05, 4.69) is 15.6 Å². The van der Waals surface area contributed by atoms with Crippen molar-refractivity contribution in [2.24, 2.45) is 4.99 Å². The summed E-state index contributed by atoms with van der Waals surface area (Å²) >= 11 is 0. The van der Waals surface area contributed by atoms with Crippen molar-refractivity contribution < 1.29 is 9.59 Å². The van der Waals surface area contributed by atoms with E-state index in [1.54, 1.807) is 18.2 Å². The monoisotopic (exact) mass is 333 g/mol. The molecule has 0 fully saturated rings. The minimum Gasteiger partial charge on any atom is -0.385 e. The topological polar surface area (TPSA) is 70.6 Å². The number of hydrogen-bond donors (Lipinski definition) is 2. The van der Waals surface area contributed by atoms with E-state index >= 15 is 0 Å². The van der Waals surface area contributed by atoms with Gasteiger partial charge in [-0.05, 0) is 37.3 Å². The van der Waals surface area contributed by atoms with Gasteiger partial charge in [-0.2, -0.15) is 0 Å². The zero-order valence-electron chi connectivity index (χ0n) is 14.2. The molecule has 126 valence electrons. The normalized spacial score (nSPS) is 14.7. The number of amides is 1. The summed E-state index contributed by atoms with van der Waals surface area (Å²) in [6, 6.07) is 14.9. The molecular weight excluding hydrogens is 314 g/mol. The molecule has 1 aliphatic carbocycles. The van der Waals surface area contributed by atoms with Crippen LogP contribution in [0, 0.1) is 0 Å². The number of anilines is 1. The lowest BCUT2D eigenvalue weighted by atomic mass is 9.88. The fraction of sp³-hybridized carbons (Fsp3) is 0.150. The summed E-state index contributed by atoms with van der Waals surface area (Å²) in [5, 5.41) is 5.74. The highest BCUT2D eigenvalue weighted by Gasteiger charge is 2.27. The summed E-state index contributed by atoms with van der Waals surface area (Å²) in [7, 11) is 1.51. The molecule has 0 heterocycles. The van der Waals surface area contributed by atoms with E-state index in [1.165, 1.54) is 7.05 Å². The van der Waals surface area contributed by atoms with Crippen molar-refractivity contribution in [2.75, 3.05) is 18.9 Å². The molecule has 0 bridgehead atoms. The number of benzene rings is 2. The van der Waals surface area contributed by atoms with Gasteiger partial charge >= 0.3 is 0 Å². The second-order valence-electron chi connectivity index (χ2n) is 5.59. The Morgan fingerprint density at radius 1 is 1.04 bits per heavy atom. The molecule has 25 heavy (non-hydrogen) atoms. The molecule has 2 N–H and O–H groups in total. The van der Waals surface area contributed by atoms with Gasteiger partial charge < -0.3 is 10.6 Å². The van der Waals surface area contributed by atoms with Crippen molar-refractivity contribution in [1.29, 1.82) is 0 Å². The third-order valence-corrected chi connectivity index (χ3v) is 3.94. The second kappa shape index (κ2) is 7.13. The lowest BCUT2D eigenvalue weighted by Crippen LogP contribution is -2.29. The molecule has 0 atom stereocenters. The first-order chi connectivity index (χ1) is 12.1. The summed E-state index contributed by atoms with van der Waals surface area (Å²) in [5.41, 5.74) is 3.71. The lowest BCUT2D eigenvalue weighted by Gasteiger charge is -2.16. The van der Waals surface area contributed by atoms with E-state index in [1.807, 2.05) is 43.3 Å². The minimum atomic E-state index is -0.408. The average molecular weight is 333 g/mol. The van der Waals surface area contributed by atoms with Gasteiger partial charge in [0.05, 0.1) is 17.0 Å². The van der Waals surface area contributed by atoms with Crippen LogP contribution in [0.25, 0.3) is 0 Å². The zero-order chi connectivity index (χ0) is 17.8. The third kappa shape index (κ3) is 3.35. The second-order valence-corrected chi connectivity index (χ2v) is 5.59. The maximum Gasteiger partial charge on any atom is 0.255 e. The molecule has 0 radical (unpaired) electrons. The summed E-state index contributed by atoms with van der Waals surface area (Å²) in [4.78, 5) is 29.2. The largest absolute Gasteiger partial charge is 0.385 e. The van der Waals surface area contributed by atoms with Crippen LogP contribution >= 0.6 is 0 Å². The zero-order valence-corrected chi connectivity index (χ0v) is 14.2. The van der Waals surface area contributed by atoms with Gasteiger partial charge in [0.2, 0.25) is 0 Å². The van der Waals surface area contributed by atoms with E-state index in [0.29, 0.717) is 11.3 Å². The molecule has 2 aromatic rings. The van der Waals surface area contributed by atoms with Crippen molar-refractivity contribution in [3.63, 3.8) is 0 Å². The quantitative estimate of drug-likeness (QED) is 0.845. The molecular formula is C20H19N3O2. The van der Waals surface area contributed by atoms with E-state index in [-0.39, 0.29) is 11.4 Å². The maximum atomic E-state index is 12.5. The van der Waals surface area contributed by atoms with E-state index in [4.69, 9.17) is 0 Å². The Morgan fingerprint density at radius 3 is 2.36 bits per heavy atom. The highest BCUT2D eigenvalue weighted by molar-refractivity contribution is 6.35. The minimum absolute atomic E-state index is 0.101. The smallest absolute Gasteiger partial charge is 0.255 e. The van der Waals surface area contributed by atoms with Gasteiger partial charge in [-0.3, -0.25) is 9.59 Å². The van der Waals surface area contributed by atoms with E-state index in [9.17, 15) is 9.59 Å². The SMILES string of the molecule is CCNc1ccc(N=C2C=C(C(=O)NC)C(=O)c3ccccc32)cc1. The molecule has 1 amide bonds. The van der Waals surface area contributed by atoms with Crippen molar-refractivity contribution >= 4 is 28.8 Å². The van der Waals surface area contributed by atoms with Gasteiger partial charge in [0, 0.05) is 30.4 Å². The number of hydrogen-bond acceptors (Lipinski definition) is 4. The summed E-state index contributed by atoms with van der Waals surface area (Å²) in [5.74, 6) is -0.689. The molecule has 0 aromatic heterocycles. The van der Waals surface area contributed by atoms with Crippen molar-refractivity contribution in [3.05, 3.63) is 71.3 Å². The van der Waals surface area contributed by atoms with Crippen LogP contribution in [0.3, 0.4) is 0 Å². The fourth-order valence-electron chi connectivity index (χ4n) is 2.72. The Morgan fingerprint density at radius 2 is 1.72 bits per heavy atom. The number of allylic oxidation sites excluding steroid dienone is 1. The van der Waals surface area contributed by atoms with E-state index in [0.717, 1.165) is 23.5 Å². The first-order valence-corrected chi connectivity index (χ1v) is 8.14. The standard InChI is InChI=1S/C20H19N3O2/c1-3-22-13-8-10-14(11-9-13)23-18-12-17(20(25)21-2)19(24)16-7-5-4-6-15(16)18/h4-12,22H,3H2,1-2H3,(H,21,25). The van der Waals surface area contributed by atoms with Crippen molar-refractivity contribution in [1.82, 2.24) is 5.32 Å². The van der Waals surface area contributed by atoms with Crippen LogP contribution in [0.15, 0.2) is 65.2 Å². The molecule has 3 rings (SSSR count). The third-order valence-electron chi connectivity index (χ3n) is 3.94. The Hall–Kier alpha value is -3.21. The predicted octanol–water partition coefficient (Wildman–Crippen LogP) is 3.11. The number of likely N-dealkylation sites (N-methyl/N-ethyl adjacent to an activating group) is 1.